The van der Waals surface area contributed by atoms with E-state index in [0.29, 0.717) is 17.2 Å². The zero-order valence-electron chi connectivity index (χ0n) is 5.95. The van der Waals surface area contributed by atoms with Gasteiger partial charge in [-0.05, 0) is 37.5 Å². The Labute approximate surface area is 69.3 Å². The van der Waals surface area contributed by atoms with Crippen LogP contribution in [0.2, 0.25) is 0 Å². The fourth-order valence-electron chi connectivity index (χ4n) is 1.68. The SMILES string of the molecule is FC(CBr)(C1CC1)C1CC1. The number of hydrogen-bond acceptors (Lipinski definition) is 0. The standard InChI is InChI=1S/C8H12BrF/c9-5-8(10,6-1-2-6)7-3-4-7/h6-7H,1-5H2. The lowest BCUT2D eigenvalue weighted by Crippen LogP contribution is -2.30. The summed E-state index contributed by atoms with van der Waals surface area (Å²) in [6.45, 7) is 0. The first-order valence-corrected chi connectivity index (χ1v) is 5.14. The highest BCUT2D eigenvalue weighted by atomic mass is 79.9. The third-order valence-electron chi connectivity index (χ3n) is 2.72. The fourth-order valence-corrected chi connectivity index (χ4v) is 2.59. The van der Waals surface area contributed by atoms with Gasteiger partial charge in [0.1, 0.15) is 5.67 Å². The molecule has 0 unspecified atom stereocenters. The van der Waals surface area contributed by atoms with Gasteiger partial charge in [-0.2, -0.15) is 0 Å². The van der Waals surface area contributed by atoms with Crippen LogP contribution < -0.4 is 0 Å². The van der Waals surface area contributed by atoms with Gasteiger partial charge in [0.25, 0.3) is 0 Å². The molecule has 0 nitrogen and oxygen atoms in total. The van der Waals surface area contributed by atoms with Crippen LogP contribution in [-0.2, 0) is 0 Å². The highest BCUT2D eigenvalue weighted by molar-refractivity contribution is 9.09. The maximum absolute atomic E-state index is 13.8. The Balaban J connectivity index is 2.03. The molecule has 0 aliphatic heterocycles. The van der Waals surface area contributed by atoms with E-state index in [0.717, 1.165) is 25.7 Å². The normalized spacial score (nSPS) is 27.0. The molecule has 0 amide bonds. The van der Waals surface area contributed by atoms with Crippen LogP contribution >= 0.6 is 15.9 Å². The molecule has 0 heterocycles. The average molecular weight is 207 g/mol. The lowest BCUT2D eigenvalue weighted by Gasteiger charge is -2.21. The van der Waals surface area contributed by atoms with Gasteiger partial charge >= 0.3 is 0 Å². The molecule has 0 bridgehead atoms. The molecule has 58 valence electrons. The summed E-state index contributed by atoms with van der Waals surface area (Å²) in [5.74, 6) is 0.804. The van der Waals surface area contributed by atoms with Crippen molar-refractivity contribution in [1.82, 2.24) is 0 Å². The van der Waals surface area contributed by atoms with E-state index in [-0.39, 0.29) is 0 Å². The van der Waals surface area contributed by atoms with E-state index in [1.165, 1.54) is 0 Å². The number of alkyl halides is 2. The van der Waals surface area contributed by atoms with Crippen molar-refractivity contribution in [1.29, 1.82) is 0 Å². The maximum Gasteiger partial charge on any atom is 0.126 e. The van der Waals surface area contributed by atoms with Gasteiger partial charge in [0.15, 0.2) is 0 Å². The van der Waals surface area contributed by atoms with Gasteiger partial charge in [0.05, 0.1) is 0 Å². The number of hydrogen-bond donors (Lipinski definition) is 0. The van der Waals surface area contributed by atoms with E-state index < -0.39 is 5.67 Å². The van der Waals surface area contributed by atoms with E-state index in [1.807, 2.05) is 0 Å². The van der Waals surface area contributed by atoms with Gasteiger partial charge in [-0.15, -0.1) is 0 Å². The van der Waals surface area contributed by atoms with Crippen molar-refractivity contribution >= 4 is 15.9 Å². The zero-order chi connectivity index (χ0) is 7.19. The monoisotopic (exact) mass is 206 g/mol. The molecular formula is C8H12BrF. The van der Waals surface area contributed by atoms with E-state index in [2.05, 4.69) is 15.9 Å². The first-order valence-electron chi connectivity index (χ1n) is 4.02. The van der Waals surface area contributed by atoms with E-state index in [4.69, 9.17) is 0 Å². The average Bonchev–Trinajstić information content (AvgIpc) is 2.73. The second kappa shape index (κ2) is 2.20. The summed E-state index contributed by atoms with van der Waals surface area (Å²) in [5, 5.41) is 0.565. The molecule has 0 radical (unpaired) electrons. The minimum atomic E-state index is -0.819. The van der Waals surface area contributed by atoms with Gasteiger partial charge in [-0.1, -0.05) is 15.9 Å². The van der Waals surface area contributed by atoms with Crippen molar-refractivity contribution in [3.8, 4) is 0 Å². The van der Waals surface area contributed by atoms with Crippen LogP contribution in [0.5, 0.6) is 0 Å². The molecule has 0 saturated heterocycles. The predicted molar refractivity (Wildman–Crippen MR) is 43.1 cm³/mol. The molecule has 0 N–H and O–H groups in total. The number of rotatable bonds is 3. The molecular weight excluding hydrogens is 195 g/mol. The van der Waals surface area contributed by atoms with Crippen LogP contribution in [0.25, 0.3) is 0 Å². The summed E-state index contributed by atoms with van der Waals surface area (Å²) in [6, 6.07) is 0. The Kier molecular flexibility index (Phi) is 1.55. The second-order valence-corrected chi connectivity index (χ2v) is 4.17. The summed E-state index contributed by atoms with van der Waals surface area (Å²) in [5.41, 5.74) is -0.819. The van der Waals surface area contributed by atoms with Crippen LogP contribution in [-0.4, -0.2) is 11.0 Å². The van der Waals surface area contributed by atoms with Gasteiger partial charge in [0, 0.05) is 5.33 Å². The molecule has 2 aliphatic rings. The molecule has 2 aliphatic carbocycles. The molecule has 10 heavy (non-hydrogen) atoms. The van der Waals surface area contributed by atoms with Crippen LogP contribution in [0.15, 0.2) is 0 Å². The summed E-state index contributed by atoms with van der Waals surface area (Å²) < 4.78 is 13.8. The van der Waals surface area contributed by atoms with Crippen LogP contribution in [0.1, 0.15) is 25.7 Å². The van der Waals surface area contributed by atoms with E-state index in [9.17, 15) is 4.39 Å². The Morgan fingerprint density at radius 3 is 1.80 bits per heavy atom. The van der Waals surface area contributed by atoms with Crippen LogP contribution in [0, 0.1) is 11.8 Å². The molecule has 0 aromatic carbocycles. The van der Waals surface area contributed by atoms with Crippen molar-refractivity contribution in [3.05, 3.63) is 0 Å². The minimum absolute atomic E-state index is 0.402. The summed E-state index contributed by atoms with van der Waals surface area (Å²) >= 11 is 3.28. The quantitative estimate of drug-likeness (QED) is 0.624. The van der Waals surface area contributed by atoms with Gasteiger partial charge < -0.3 is 0 Å². The topological polar surface area (TPSA) is 0 Å². The first-order chi connectivity index (χ1) is 4.77. The Hall–Kier alpha value is 0.410. The molecule has 2 fully saturated rings. The first kappa shape index (κ1) is 7.08. The lowest BCUT2D eigenvalue weighted by molar-refractivity contribution is 0.135. The highest BCUT2D eigenvalue weighted by Gasteiger charge is 2.54. The van der Waals surface area contributed by atoms with Crippen molar-refractivity contribution in [3.63, 3.8) is 0 Å². The molecule has 2 saturated carbocycles. The second-order valence-electron chi connectivity index (χ2n) is 3.61. The third kappa shape index (κ3) is 1.01. The maximum atomic E-state index is 13.8. The third-order valence-corrected chi connectivity index (χ3v) is 3.58. The highest BCUT2D eigenvalue weighted by Crippen LogP contribution is 2.54. The molecule has 2 rings (SSSR count). The summed E-state index contributed by atoms with van der Waals surface area (Å²) in [4.78, 5) is 0. The van der Waals surface area contributed by atoms with Gasteiger partial charge in [-0.25, -0.2) is 4.39 Å². The van der Waals surface area contributed by atoms with Crippen molar-refractivity contribution in [2.45, 2.75) is 31.4 Å². The predicted octanol–water partition coefficient (Wildman–Crippen LogP) is 2.91. The zero-order valence-corrected chi connectivity index (χ0v) is 7.53. The lowest BCUT2D eigenvalue weighted by atomic mass is 9.97. The van der Waals surface area contributed by atoms with Gasteiger partial charge in [0.2, 0.25) is 0 Å². The largest absolute Gasteiger partial charge is 0.242 e. The van der Waals surface area contributed by atoms with E-state index in [1.54, 1.807) is 0 Å². The van der Waals surface area contributed by atoms with Gasteiger partial charge in [-0.3, -0.25) is 0 Å². The van der Waals surface area contributed by atoms with Crippen LogP contribution in [0.4, 0.5) is 4.39 Å². The number of halogens is 2. The Morgan fingerprint density at radius 2 is 1.60 bits per heavy atom. The molecule has 0 aromatic heterocycles. The molecule has 0 atom stereocenters. The Bertz CT molecular complexity index is 126. The van der Waals surface area contributed by atoms with Crippen molar-refractivity contribution in [2.24, 2.45) is 11.8 Å². The van der Waals surface area contributed by atoms with E-state index >= 15 is 0 Å². The smallest absolute Gasteiger partial charge is 0.126 e. The summed E-state index contributed by atoms with van der Waals surface area (Å²) in [6.07, 6.45) is 4.49. The fraction of sp³-hybridized carbons (Fsp3) is 1.00. The van der Waals surface area contributed by atoms with Crippen molar-refractivity contribution < 1.29 is 4.39 Å². The molecule has 0 spiro atoms. The summed E-state index contributed by atoms with van der Waals surface area (Å²) in [7, 11) is 0. The minimum Gasteiger partial charge on any atom is -0.242 e. The molecule has 2 heteroatoms. The Morgan fingerprint density at radius 1 is 1.20 bits per heavy atom. The van der Waals surface area contributed by atoms with Crippen LogP contribution in [0.3, 0.4) is 0 Å². The molecule has 0 aromatic rings. The van der Waals surface area contributed by atoms with Crippen molar-refractivity contribution in [2.75, 3.05) is 5.33 Å².